The molecule has 0 saturated carbocycles. The lowest BCUT2D eigenvalue weighted by molar-refractivity contribution is 0.113. The summed E-state index contributed by atoms with van der Waals surface area (Å²) in [6.07, 6.45) is 1.46. The van der Waals surface area contributed by atoms with Crippen molar-refractivity contribution in [3.63, 3.8) is 0 Å². The highest BCUT2D eigenvalue weighted by Crippen LogP contribution is 2.30. The zero-order chi connectivity index (χ0) is 12.3. The van der Waals surface area contributed by atoms with Crippen molar-refractivity contribution in [3.05, 3.63) is 28.2 Å². The molecule has 1 aromatic rings. The Morgan fingerprint density at radius 2 is 2.41 bits per heavy atom. The van der Waals surface area contributed by atoms with Crippen LogP contribution in [0.2, 0.25) is 0 Å². The zero-order valence-electron chi connectivity index (χ0n) is 10.2. The molecule has 2 atom stereocenters. The molecule has 0 bridgehead atoms. The summed E-state index contributed by atoms with van der Waals surface area (Å²) in [4.78, 5) is 0. The van der Waals surface area contributed by atoms with Gasteiger partial charge in [-0.05, 0) is 30.7 Å². The second kappa shape index (κ2) is 5.85. The van der Waals surface area contributed by atoms with E-state index in [2.05, 4.69) is 27.3 Å². The number of methoxy groups -OCH3 is 1. The number of fused-ring (bicyclic) bond motifs is 1. The van der Waals surface area contributed by atoms with Gasteiger partial charge in [-0.15, -0.1) is 0 Å². The molecule has 0 spiro atoms. The van der Waals surface area contributed by atoms with E-state index in [1.54, 1.807) is 7.11 Å². The number of ether oxygens (including phenoxy) is 2. The average molecular weight is 300 g/mol. The van der Waals surface area contributed by atoms with E-state index in [4.69, 9.17) is 9.47 Å². The third-order valence-corrected chi connectivity index (χ3v) is 3.46. The smallest absolute Gasteiger partial charge is 0.123 e. The van der Waals surface area contributed by atoms with Crippen molar-refractivity contribution in [2.75, 3.05) is 20.2 Å². The van der Waals surface area contributed by atoms with Gasteiger partial charge in [0.15, 0.2) is 0 Å². The van der Waals surface area contributed by atoms with E-state index >= 15 is 0 Å². The lowest BCUT2D eigenvalue weighted by Gasteiger charge is -2.14. The summed E-state index contributed by atoms with van der Waals surface area (Å²) in [5.41, 5.74) is 1.28. The van der Waals surface area contributed by atoms with Gasteiger partial charge in [-0.25, -0.2) is 0 Å². The SMILES string of the molecule is COC(C)CNCC1Cc2cc(Br)ccc2O1. The van der Waals surface area contributed by atoms with E-state index in [1.165, 1.54) is 5.56 Å². The maximum Gasteiger partial charge on any atom is 0.123 e. The number of nitrogens with one attached hydrogen (secondary N) is 1. The van der Waals surface area contributed by atoms with Crippen LogP contribution in [0.4, 0.5) is 0 Å². The Hall–Kier alpha value is -0.580. The molecule has 0 amide bonds. The lowest BCUT2D eigenvalue weighted by Crippen LogP contribution is -2.34. The molecule has 1 heterocycles. The minimum atomic E-state index is 0.239. The Morgan fingerprint density at radius 1 is 1.59 bits per heavy atom. The Bertz CT molecular complexity index is 384. The molecule has 1 aliphatic rings. The van der Waals surface area contributed by atoms with E-state index in [9.17, 15) is 0 Å². The summed E-state index contributed by atoms with van der Waals surface area (Å²) in [5.74, 6) is 1.01. The molecule has 2 rings (SSSR count). The first kappa shape index (κ1) is 12.9. The summed E-state index contributed by atoms with van der Waals surface area (Å²) < 4.78 is 12.1. The van der Waals surface area contributed by atoms with Crippen molar-refractivity contribution >= 4 is 15.9 Å². The third kappa shape index (κ3) is 3.44. The van der Waals surface area contributed by atoms with Gasteiger partial charge in [0.05, 0.1) is 6.10 Å². The van der Waals surface area contributed by atoms with Gasteiger partial charge in [0.1, 0.15) is 11.9 Å². The van der Waals surface area contributed by atoms with Crippen LogP contribution in [0, 0.1) is 0 Å². The van der Waals surface area contributed by atoms with Crippen molar-refractivity contribution in [2.24, 2.45) is 0 Å². The zero-order valence-corrected chi connectivity index (χ0v) is 11.8. The molecule has 1 aliphatic heterocycles. The molecule has 0 radical (unpaired) electrons. The summed E-state index contributed by atoms with van der Waals surface area (Å²) >= 11 is 3.48. The second-order valence-corrected chi connectivity index (χ2v) is 5.32. The fourth-order valence-electron chi connectivity index (χ4n) is 1.93. The van der Waals surface area contributed by atoms with Crippen LogP contribution in [0.3, 0.4) is 0 Å². The molecule has 1 N–H and O–H groups in total. The van der Waals surface area contributed by atoms with Crippen molar-refractivity contribution < 1.29 is 9.47 Å². The number of rotatable bonds is 5. The van der Waals surface area contributed by atoms with Crippen molar-refractivity contribution in [3.8, 4) is 5.75 Å². The maximum absolute atomic E-state index is 5.85. The highest BCUT2D eigenvalue weighted by Gasteiger charge is 2.22. The van der Waals surface area contributed by atoms with Crippen LogP contribution in [0.15, 0.2) is 22.7 Å². The van der Waals surface area contributed by atoms with Crippen LogP contribution < -0.4 is 10.1 Å². The van der Waals surface area contributed by atoms with E-state index < -0.39 is 0 Å². The monoisotopic (exact) mass is 299 g/mol. The normalized spacial score (nSPS) is 19.8. The van der Waals surface area contributed by atoms with Crippen molar-refractivity contribution in [2.45, 2.75) is 25.6 Å². The molecule has 17 heavy (non-hydrogen) atoms. The van der Waals surface area contributed by atoms with Gasteiger partial charge in [-0.3, -0.25) is 0 Å². The molecular weight excluding hydrogens is 282 g/mol. The summed E-state index contributed by atoms with van der Waals surface area (Å²) in [6.45, 7) is 3.77. The molecule has 4 heteroatoms. The van der Waals surface area contributed by atoms with Gasteiger partial charge in [0, 0.05) is 31.1 Å². The molecule has 3 nitrogen and oxygen atoms in total. The fraction of sp³-hybridized carbons (Fsp3) is 0.538. The first-order chi connectivity index (χ1) is 8.19. The number of halogens is 1. The Kier molecular flexibility index (Phi) is 4.42. The van der Waals surface area contributed by atoms with Crippen molar-refractivity contribution in [1.82, 2.24) is 5.32 Å². The summed E-state index contributed by atoms with van der Waals surface area (Å²) in [5, 5.41) is 3.37. The van der Waals surface area contributed by atoms with Crippen LogP contribution in [-0.4, -0.2) is 32.4 Å². The maximum atomic E-state index is 5.85. The fourth-order valence-corrected chi connectivity index (χ4v) is 2.34. The van der Waals surface area contributed by atoms with Gasteiger partial charge in [0.2, 0.25) is 0 Å². The highest BCUT2D eigenvalue weighted by molar-refractivity contribution is 9.10. The minimum Gasteiger partial charge on any atom is -0.488 e. The van der Waals surface area contributed by atoms with Crippen LogP contribution in [0.25, 0.3) is 0 Å². The van der Waals surface area contributed by atoms with Gasteiger partial charge >= 0.3 is 0 Å². The van der Waals surface area contributed by atoms with Gasteiger partial charge in [0.25, 0.3) is 0 Å². The van der Waals surface area contributed by atoms with Gasteiger partial charge in [-0.2, -0.15) is 0 Å². The minimum absolute atomic E-state index is 0.239. The predicted octanol–water partition coefficient (Wildman–Crippen LogP) is 2.38. The lowest BCUT2D eigenvalue weighted by atomic mass is 10.1. The van der Waals surface area contributed by atoms with Crippen LogP contribution in [0.1, 0.15) is 12.5 Å². The van der Waals surface area contributed by atoms with Crippen LogP contribution >= 0.6 is 15.9 Å². The Balaban J connectivity index is 1.80. The van der Waals surface area contributed by atoms with Crippen LogP contribution in [0.5, 0.6) is 5.75 Å². The van der Waals surface area contributed by atoms with Gasteiger partial charge in [-0.1, -0.05) is 15.9 Å². The third-order valence-electron chi connectivity index (χ3n) is 2.97. The summed E-state index contributed by atoms with van der Waals surface area (Å²) in [6, 6.07) is 6.17. The molecule has 0 aromatic heterocycles. The highest BCUT2D eigenvalue weighted by atomic mass is 79.9. The number of hydrogen-bond acceptors (Lipinski definition) is 3. The van der Waals surface area contributed by atoms with E-state index in [1.807, 2.05) is 19.1 Å². The largest absolute Gasteiger partial charge is 0.488 e. The predicted molar refractivity (Wildman–Crippen MR) is 71.6 cm³/mol. The van der Waals surface area contributed by atoms with Crippen molar-refractivity contribution in [1.29, 1.82) is 0 Å². The summed E-state index contributed by atoms with van der Waals surface area (Å²) in [7, 11) is 1.73. The van der Waals surface area contributed by atoms with E-state index in [0.29, 0.717) is 0 Å². The molecule has 0 fully saturated rings. The molecule has 0 aliphatic carbocycles. The molecule has 0 saturated heterocycles. The molecule has 2 unspecified atom stereocenters. The van der Waals surface area contributed by atoms with Crippen LogP contribution in [-0.2, 0) is 11.2 Å². The van der Waals surface area contributed by atoms with Gasteiger partial charge < -0.3 is 14.8 Å². The topological polar surface area (TPSA) is 30.5 Å². The van der Waals surface area contributed by atoms with E-state index in [-0.39, 0.29) is 12.2 Å². The Labute approximate surface area is 111 Å². The molecule has 94 valence electrons. The average Bonchev–Trinajstić information content (AvgIpc) is 2.70. The molecular formula is C13H18BrNO2. The standard InChI is InChI=1S/C13H18BrNO2/c1-9(16-2)7-15-8-12-6-10-5-11(14)3-4-13(10)17-12/h3-5,9,12,15H,6-8H2,1-2H3. The molecule has 1 aromatic carbocycles. The number of hydrogen-bond donors (Lipinski definition) is 1. The van der Waals surface area contributed by atoms with E-state index in [0.717, 1.165) is 29.7 Å². The Morgan fingerprint density at radius 3 is 3.18 bits per heavy atom. The quantitative estimate of drug-likeness (QED) is 0.905. The number of benzene rings is 1. The first-order valence-electron chi connectivity index (χ1n) is 5.87. The first-order valence-corrected chi connectivity index (χ1v) is 6.67. The second-order valence-electron chi connectivity index (χ2n) is 4.40.